The van der Waals surface area contributed by atoms with Gasteiger partial charge in [-0.15, -0.1) is 0 Å². The zero-order valence-electron chi connectivity index (χ0n) is 21.1. The van der Waals surface area contributed by atoms with Gasteiger partial charge in [0.15, 0.2) is 0 Å². The van der Waals surface area contributed by atoms with Gasteiger partial charge in [0.05, 0.1) is 10.6 Å². The van der Waals surface area contributed by atoms with Crippen molar-refractivity contribution in [3.63, 3.8) is 0 Å². The molecule has 0 unspecified atom stereocenters. The molecule has 7 nitrogen and oxygen atoms in total. The van der Waals surface area contributed by atoms with Crippen molar-refractivity contribution in [3.8, 4) is 0 Å². The average Bonchev–Trinajstić information content (AvgIpc) is 2.87. The number of anilines is 1. The molecule has 0 aliphatic heterocycles. The van der Waals surface area contributed by atoms with E-state index in [0.717, 1.165) is 9.87 Å². The van der Waals surface area contributed by atoms with Gasteiger partial charge in [0.2, 0.25) is 11.8 Å². The Balaban J connectivity index is 2.04. The molecule has 0 heterocycles. The molecule has 3 aromatic rings. The van der Waals surface area contributed by atoms with E-state index in [-0.39, 0.29) is 23.0 Å². The zero-order chi connectivity index (χ0) is 28.0. The molecule has 0 bridgehead atoms. The van der Waals surface area contributed by atoms with Crippen molar-refractivity contribution < 1.29 is 18.0 Å². The van der Waals surface area contributed by atoms with Crippen LogP contribution in [0.15, 0.2) is 71.6 Å². The van der Waals surface area contributed by atoms with Crippen molar-refractivity contribution in [2.75, 3.05) is 17.4 Å². The van der Waals surface area contributed by atoms with E-state index in [2.05, 4.69) is 5.32 Å². The predicted molar refractivity (Wildman–Crippen MR) is 152 cm³/mol. The first-order valence-corrected chi connectivity index (χ1v) is 14.4. The van der Waals surface area contributed by atoms with Crippen LogP contribution in [0.5, 0.6) is 0 Å². The molecule has 1 atom stereocenters. The lowest BCUT2D eigenvalue weighted by Crippen LogP contribution is -2.51. The van der Waals surface area contributed by atoms with Gasteiger partial charge in [-0.1, -0.05) is 58.6 Å². The van der Waals surface area contributed by atoms with Gasteiger partial charge in [0.1, 0.15) is 12.6 Å². The number of carbonyl (C=O) groups excluding carboxylic acids is 2. The van der Waals surface area contributed by atoms with E-state index >= 15 is 0 Å². The molecule has 202 valence electrons. The number of halogens is 3. The molecule has 0 fully saturated rings. The molecule has 3 rings (SSSR count). The van der Waals surface area contributed by atoms with Crippen LogP contribution in [-0.2, 0) is 26.2 Å². The highest BCUT2D eigenvalue weighted by Crippen LogP contribution is 2.27. The highest BCUT2D eigenvalue weighted by atomic mass is 35.5. The lowest BCUT2D eigenvalue weighted by molar-refractivity contribution is -0.139. The van der Waals surface area contributed by atoms with E-state index in [1.807, 2.05) is 6.92 Å². The van der Waals surface area contributed by atoms with E-state index in [0.29, 0.717) is 27.2 Å². The van der Waals surface area contributed by atoms with Crippen molar-refractivity contribution in [2.45, 2.75) is 38.3 Å². The largest absolute Gasteiger partial charge is 0.355 e. The monoisotopic (exact) mass is 595 g/mol. The van der Waals surface area contributed by atoms with E-state index in [1.54, 1.807) is 56.3 Å². The van der Waals surface area contributed by atoms with Crippen molar-refractivity contribution >= 4 is 62.3 Å². The Hall–Kier alpha value is -2.78. The van der Waals surface area contributed by atoms with E-state index in [9.17, 15) is 18.0 Å². The molecule has 11 heteroatoms. The van der Waals surface area contributed by atoms with Gasteiger partial charge < -0.3 is 10.2 Å². The van der Waals surface area contributed by atoms with Crippen LogP contribution in [0.1, 0.15) is 25.0 Å². The first-order valence-electron chi connectivity index (χ1n) is 11.8. The second-order valence-corrected chi connectivity index (χ2v) is 11.8. The van der Waals surface area contributed by atoms with Gasteiger partial charge in [-0.05, 0) is 74.9 Å². The number of sulfonamides is 1. The van der Waals surface area contributed by atoms with Crippen molar-refractivity contribution in [1.29, 1.82) is 0 Å². The highest BCUT2D eigenvalue weighted by Gasteiger charge is 2.32. The number of aryl methyl sites for hydroxylation is 1. The summed E-state index contributed by atoms with van der Waals surface area (Å²) in [6.45, 7) is 4.96. The summed E-state index contributed by atoms with van der Waals surface area (Å²) in [4.78, 5) is 27.9. The maximum atomic E-state index is 13.8. The third-order valence-electron chi connectivity index (χ3n) is 5.88. The van der Waals surface area contributed by atoms with Gasteiger partial charge in [-0.2, -0.15) is 0 Å². The number of carbonyl (C=O) groups is 2. The highest BCUT2D eigenvalue weighted by molar-refractivity contribution is 7.92. The lowest BCUT2D eigenvalue weighted by Gasteiger charge is -2.32. The minimum atomic E-state index is -4.16. The Morgan fingerprint density at radius 3 is 2.11 bits per heavy atom. The second-order valence-electron chi connectivity index (χ2n) is 8.63. The summed E-state index contributed by atoms with van der Waals surface area (Å²) >= 11 is 18.4. The molecule has 0 saturated carbocycles. The molecule has 0 saturated heterocycles. The van der Waals surface area contributed by atoms with Crippen LogP contribution in [0.2, 0.25) is 15.1 Å². The van der Waals surface area contributed by atoms with Crippen LogP contribution < -0.4 is 9.62 Å². The Bertz CT molecular complexity index is 1400. The zero-order valence-corrected chi connectivity index (χ0v) is 24.2. The number of benzene rings is 3. The average molecular weight is 597 g/mol. The van der Waals surface area contributed by atoms with E-state index in [4.69, 9.17) is 34.8 Å². The number of amides is 2. The fourth-order valence-electron chi connectivity index (χ4n) is 3.71. The summed E-state index contributed by atoms with van der Waals surface area (Å²) in [5.41, 5.74) is 1.69. The Morgan fingerprint density at radius 2 is 1.53 bits per heavy atom. The first kappa shape index (κ1) is 29.8. The van der Waals surface area contributed by atoms with Crippen LogP contribution >= 0.6 is 34.8 Å². The minimum Gasteiger partial charge on any atom is -0.355 e. The summed E-state index contributed by atoms with van der Waals surface area (Å²) < 4.78 is 28.5. The normalized spacial score (nSPS) is 12.1. The molecule has 0 aliphatic carbocycles. The summed E-state index contributed by atoms with van der Waals surface area (Å²) in [6.07, 6.45) is 0. The number of likely N-dealkylation sites (N-methyl/N-ethyl adjacent to an activating group) is 1. The van der Waals surface area contributed by atoms with Gasteiger partial charge in [-0.3, -0.25) is 13.9 Å². The van der Waals surface area contributed by atoms with Crippen molar-refractivity contribution in [3.05, 3.63) is 92.9 Å². The summed E-state index contributed by atoms with van der Waals surface area (Å²) in [7, 11) is -4.16. The Labute approximate surface area is 238 Å². The topological polar surface area (TPSA) is 86.8 Å². The molecular weight excluding hydrogens is 569 g/mol. The third-order valence-corrected chi connectivity index (χ3v) is 8.50. The third kappa shape index (κ3) is 7.20. The molecule has 0 aliphatic rings. The number of hydrogen-bond donors (Lipinski definition) is 1. The summed E-state index contributed by atoms with van der Waals surface area (Å²) in [5, 5.41) is 3.87. The molecule has 3 aromatic carbocycles. The maximum Gasteiger partial charge on any atom is 0.264 e. The van der Waals surface area contributed by atoms with Crippen molar-refractivity contribution in [2.24, 2.45) is 0 Å². The smallest absolute Gasteiger partial charge is 0.264 e. The number of nitrogens with zero attached hydrogens (tertiary/aromatic N) is 2. The van der Waals surface area contributed by atoms with Crippen LogP contribution in [-0.4, -0.2) is 44.3 Å². The Morgan fingerprint density at radius 1 is 0.921 bits per heavy atom. The quantitative estimate of drug-likeness (QED) is 0.325. The fraction of sp³-hybridized carbons (Fsp3) is 0.259. The standard InChI is InChI=1S/C27H28Cl3N3O4S/c1-4-31-27(35)19(3)32(16-20-7-8-22(29)15-25(20)30)26(34)17-33(23-11-9-21(28)10-12-23)38(36,37)24-13-5-18(2)6-14-24/h5-15,19H,4,16-17H2,1-3H3,(H,31,35)/t19-/m1/s1. The lowest BCUT2D eigenvalue weighted by atomic mass is 10.1. The number of nitrogens with one attached hydrogen (secondary N) is 1. The second kappa shape index (κ2) is 12.8. The van der Waals surface area contributed by atoms with Gasteiger partial charge in [0.25, 0.3) is 10.0 Å². The summed E-state index contributed by atoms with van der Waals surface area (Å²) in [5.74, 6) is -0.981. The van der Waals surface area contributed by atoms with Crippen LogP contribution in [0.4, 0.5) is 5.69 Å². The minimum absolute atomic E-state index is 0.0231. The molecular formula is C27H28Cl3N3O4S. The van der Waals surface area contributed by atoms with Crippen LogP contribution in [0.25, 0.3) is 0 Å². The van der Waals surface area contributed by atoms with Gasteiger partial charge >= 0.3 is 0 Å². The first-order chi connectivity index (χ1) is 17.9. The van der Waals surface area contributed by atoms with Crippen LogP contribution in [0.3, 0.4) is 0 Å². The fourth-order valence-corrected chi connectivity index (χ4v) is 5.72. The number of hydrogen-bond acceptors (Lipinski definition) is 4. The maximum absolute atomic E-state index is 13.8. The molecule has 38 heavy (non-hydrogen) atoms. The van der Waals surface area contributed by atoms with E-state index in [1.165, 1.54) is 29.2 Å². The predicted octanol–water partition coefficient (Wildman–Crippen LogP) is 5.70. The van der Waals surface area contributed by atoms with E-state index < -0.39 is 28.5 Å². The summed E-state index contributed by atoms with van der Waals surface area (Å²) in [6, 6.07) is 16.4. The SMILES string of the molecule is CCNC(=O)[C@@H](C)N(Cc1ccc(Cl)cc1Cl)C(=O)CN(c1ccc(Cl)cc1)S(=O)(=O)c1ccc(C)cc1. The molecule has 0 aromatic heterocycles. The van der Waals surface area contributed by atoms with Gasteiger partial charge in [-0.25, -0.2) is 8.42 Å². The molecule has 0 spiro atoms. The molecule has 0 radical (unpaired) electrons. The van der Waals surface area contributed by atoms with Crippen LogP contribution in [0, 0.1) is 6.92 Å². The van der Waals surface area contributed by atoms with Gasteiger partial charge in [0, 0.05) is 28.2 Å². The Kier molecular flexibility index (Phi) is 10.1. The van der Waals surface area contributed by atoms with Crippen molar-refractivity contribution in [1.82, 2.24) is 10.2 Å². The number of rotatable bonds is 10. The molecule has 2 amide bonds. The molecule has 1 N–H and O–H groups in total.